The van der Waals surface area contributed by atoms with Crippen molar-refractivity contribution in [3.63, 3.8) is 0 Å². The molecule has 0 bridgehead atoms. The molecule has 8 nitrogen and oxygen atoms in total. The van der Waals surface area contributed by atoms with Gasteiger partial charge in [-0.15, -0.1) is 0 Å². The maximum atomic E-state index is 12.3. The van der Waals surface area contributed by atoms with Gasteiger partial charge in [0.25, 0.3) is 0 Å². The van der Waals surface area contributed by atoms with Crippen molar-refractivity contribution in [3.8, 4) is 0 Å². The van der Waals surface area contributed by atoms with Gasteiger partial charge >= 0.3 is 6.03 Å². The summed E-state index contributed by atoms with van der Waals surface area (Å²) < 4.78 is 11.3. The van der Waals surface area contributed by atoms with Crippen LogP contribution in [0.4, 0.5) is 10.5 Å². The van der Waals surface area contributed by atoms with Gasteiger partial charge in [-0.25, -0.2) is 9.79 Å². The van der Waals surface area contributed by atoms with Crippen LogP contribution in [0.3, 0.4) is 0 Å². The highest BCUT2D eigenvalue weighted by Crippen LogP contribution is 2.15. The Bertz CT molecular complexity index is 700. The molecule has 8 heteroatoms. The third-order valence-corrected chi connectivity index (χ3v) is 5.42. The van der Waals surface area contributed by atoms with Gasteiger partial charge in [-0.05, 0) is 56.7 Å². The summed E-state index contributed by atoms with van der Waals surface area (Å²) >= 11 is 0. The van der Waals surface area contributed by atoms with E-state index < -0.39 is 0 Å². The molecule has 0 saturated carbocycles. The van der Waals surface area contributed by atoms with Gasteiger partial charge in [0.15, 0.2) is 5.96 Å². The van der Waals surface area contributed by atoms with Gasteiger partial charge in [0.05, 0.1) is 19.3 Å². The van der Waals surface area contributed by atoms with Crippen LogP contribution in [0.5, 0.6) is 0 Å². The van der Waals surface area contributed by atoms with Crippen LogP contribution in [0.15, 0.2) is 29.3 Å². The lowest BCUT2D eigenvalue weighted by molar-refractivity contribution is 0.0168. The lowest BCUT2D eigenvalue weighted by Gasteiger charge is -2.16. The second-order valence-corrected chi connectivity index (χ2v) is 8.01. The first-order valence-electron chi connectivity index (χ1n) is 11.6. The van der Waals surface area contributed by atoms with Gasteiger partial charge in [0.1, 0.15) is 0 Å². The predicted molar refractivity (Wildman–Crippen MR) is 123 cm³/mol. The molecule has 2 heterocycles. The molecule has 0 spiro atoms. The number of likely N-dealkylation sites (tertiary alicyclic amines) is 1. The molecule has 172 valence electrons. The number of ether oxygens (including phenoxy) is 2. The third-order valence-electron chi connectivity index (χ3n) is 5.42. The number of carbonyl (C=O) groups excluding carboxylic acids is 1. The number of hydrogen-bond acceptors (Lipinski definition) is 4. The number of nitrogens with one attached hydrogen (secondary N) is 3. The van der Waals surface area contributed by atoms with E-state index in [9.17, 15) is 4.79 Å². The summed E-state index contributed by atoms with van der Waals surface area (Å²) in [6, 6.07) is 7.87. The largest absolute Gasteiger partial charge is 0.379 e. The van der Waals surface area contributed by atoms with Gasteiger partial charge in [-0.3, -0.25) is 0 Å². The van der Waals surface area contributed by atoms with Gasteiger partial charge in [0, 0.05) is 45.1 Å². The number of carbonyl (C=O) groups is 1. The number of guanidine groups is 1. The fourth-order valence-corrected chi connectivity index (χ4v) is 3.75. The summed E-state index contributed by atoms with van der Waals surface area (Å²) in [5.41, 5.74) is 1.86. The summed E-state index contributed by atoms with van der Waals surface area (Å²) in [6.07, 6.45) is 5.62. The maximum Gasteiger partial charge on any atom is 0.321 e. The van der Waals surface area contributed by atoms with E-state index >= 15 is 0 Å². The molecule has 1 atom stereocenters. The van der Waals surface area contributed by atoms with E-state index in [-0.39, 0.29) is 12.1 Å². The zero-order valence-electron chi connectivity index (χ0n) is 18.7. The summed E-state index contributed by atoms with van der Waals surface area (Å²) in [7, 11) is 0. The Morgan fingerprint density at radius 1 is 1.26 bits per heavy atom. The SMILES string of the molecule is CCNC(=NCc1cccc(NC(=O)N2CCCC2)c1)NCCCOCC1CCCO1. The molecule has 1 unspecified atom stereocenters. The number of urea groups is 1. The lowest BCUT2D eigenvalue weighted by atomic mass is 10.2. The summed E-state index contributed by atoms with van der Waals surface area (Å²) in [4.78, 5) is 18.8. The molecule has 2 saturated heterocycles. The van der Waals surface area contributed by atoms with E-state index in [4.69, 9.17) is 9.47 Å². The number of anilines is 1. The minimum atomic E-state index is -0.0186. The molecule has 2 aliphatic rings. The molecule has 31 heavy (non-hydrogen) atoms. The molecule has 0 radical (unpaired) electrons. The number of rotatable bonds is 10. The zero-order chi connectivity index (χ0) is 21.7. The molecule has 3 N–H and O–H groups in total. The average molecular weight is 432 g/mol. The monoisotopic (exact) mass is 431 g/mol. The smallest absolute Gasteiger partial charge is 0.321 e. The molecule has 1 aromatic carbocycles. The van der Waals surface area contributed by atoms with Crippen LogP contribution < -0.4 is 16.0 Å². The van der Waals surface area contributed by atoms with Crippen molar-refractivity contribution < 1.29 is 14.3 Å². The van der Waals surface area contributed by atoms with E-state index in [1.165, 1.54) is 0 Å². The first-order valence-corrected chi connectivity index (χ1v) is 11.6. The number of amides is 2. The van der Waals surface area contributed by atoms with E-state index in [1.54, 1.807) is 0 Å². The van der Waals surface area contributed by atoms with Crippen LogP contribution in [0.1, 0.15) is 44.6 Å². The van der Waals surface area contributed by atoms with Crippen LogP contribution in [0, 0.1) is 0 Å². The fourth-order valence-electron chi connectivity index (χ4n) is 3.75. The van der Waals surface area contributed by atoms with Crippen molar-refractivity contribution in [2.45, 2.75) is 51.7 Å². The topological polar surface area (TPSA) is 87.2 Å². The fraction of sp³-hybridized carbons (Fsp3) is 0.652. The zero-order valence-corrected chi connectivity index (χ0v) is 18.7. The van der Waals surface area contributed by atoms with Crippen molar-refractivity contribution in [2.24, 2.45) is 4.99 Å². The molecule has 0 aromatic heterocycles. The second-order valence-electron chi connectivity index (χ2n) is 8.01. The summed E-state index contributed by atoms with van der Waals surface area (Å²) in [5.74, 6) is 0.785. The molecule has 2 aliphatic heterocycles. The number of benzene rings is 1. The van der Waals surface area contributed by atoms with Gasteiger partial charge in [-0.2, -0.15) is 0 Å². The minimum absolute atomic E-state index is 0.0186. The normalized spacial score (nSPS) is 18.9. The van der Waals surface area contributed by atoms with Crippen molar-refractivity contribution in [3.05, 3.63) is 29.8 Å². The van der Waals surface area contributed by atoms with E-state index in [1.807, 2.05) is 29.2 Å². The molecule has 1 aromatic rings. The highest BCUT2D eigenvalue weighted by atomic mass is 16.5. The Labute approximate surface area is 185 Å². The highest BCUT2D eigenvalue weighted by Gasteiger charge is 2.17. The van der Waals surface area contributed by atoms with Crippen LogP contribution in [-0.4, -0.2) is 69.0 Å². The Balaban J connectivity index is 1.39. The Morgan fingerprint density at radius 3 is 2.90 bits per heavy atom. The van der Waals surface area contributed by atoms with Crippen molar-refractivity contribution >= 4 is 17.7 Å². The van der Waals surface area contributed by atoms with Gasteiger partial charge < -0.3 is 30.3 Å². The summed E-state index contributed by atoms with van der Waals surface area (Å²) in [5, 5.41) is 9.62. The minimum Gasteiger partial charge on any atom is -0.379 e. The third kappa shape index (κ3) is 8.38. The first-order chi connectivity index (χ1) is 15.2. The number of hydrogen-bond donors (Lipinski definition) is 3. The molecule has 0 aliphatic carbocycles. The molecule has 3 rings (SSSR count). The maximum absolute atomic E-state index is 12.3. The molecular formula is C23H37N5O3. The quantitative estimate of drug-likeness (QED) is 0.301. The summed E-state index contributed by atoms with van der Waals surface area (Å²) in [6.45, 7) is 8.14. The van der Waals surface area contributed by atoms with Gasteiger partial charge in [0.2, 0.25) is 0 Å². The van der Waals surface area contributed by atoms with Crippen molar-refractivity contribution in [1.82, 2.24) is 15.5 Å². The van der Waals surface area contributed by atoms with Gasteiger partial charge in [-0.1, -0.05) is 12.1 Å². The number of nitrogens with zero attached hydrogens (tertiary/aromatic N) is 2. The second kappa shape index (κ2) is 13.2. The predicted octanol–water partition coefficient (Wildman–Crippen LogP) is 2.96. The van der Waals surface area contributed by atoms with Crippen LogP contribution in [0.25, 0.3) is 0 Å². The highest BCUT2D eigenvalue weighted by molar-refractivity contribution is 5.89. The molecule has 2 fully saturated rings. The van der Waals surface area contributed by atoms with Crippen LogP contribution >= 0.6 is 0 Å². The lowest BCUT2D eigenvalue weighted by Crippen LogP contribution is -2.38. The molecule has 2 amide bonds. The van der Waals surface area contributed by atoms with Crippen LogP contribution in [0.2, 0.25) is 0 Å². The van der Waals surface area contributed by atoms with Crippen LogP contribution in [-0.2, 0) is 16.0 Å². The van der Waals surface area contributed by atoms with E-state index in [0.717, 1.165) is 82.1 Å². The molecular weight excluding hydrogens is 394 g/mol. The average Bonchev–Trinajstić information content (AvgIpc) is 3.49. The Hall–Kier alpha value is -2.32. The Kier molecular flexibility index (Phi) is 9.92. The number of aliphatic imine (C=N–C) groups is 1. The van der Waals surface area contributed by atoms with Crippen molar-refractivity contribution in [2.75, 3.05) is 51.3 Å². The first kappa shape index (κ1) is 23.3. The van der Waals surface area contributed by atoms with E-state index in [2.05, 4.69) is 27.9 Å². The standard InChI is InChI=1S/C23H37N5O3/c1-2-24-22(25-11-7-14-30-18-21-10-6-15-31-21)26-17-19-8-5-9-20(16-19)27-23(29)28-12-3-4-13-28/h5,8-9,16,21H,2-4,6-7,10-15,17-18H2,1H3,(H,27,29)(H2,24,25,26). The van der Waals surface area contributed by atoms with E-state index in [0.29, 0.717) is 19.8 Å². The van der Waals surface area contributed by atoms with Crippen molar-refractivity contribution in [1.29, 1.82) is 0 Å². The Morgan fingerprint density at radius 2 is 2.13 bits per heavy atom.